The zero-order chi connectivity index (χ0) is 72.3. The molecule has 8 nitrogen and oxygen atoms in total. The fourth-order valence-corrected chi connectivity index (χ4v) is 20.4. The largest absolute Gasteiger partial charge is 0.308 e. The van der Waals surface area contributed by atoms with Crippen LogP contribution in [0.25, 0.3) is 220 Å². The summed E-state index contributed by atoms with van der Waals surface area (Å²) in [5, 5.41) is 19.5. The molecule has 8 heterocycles. The van der Waals surface area contributed by atoms with Gasteiger partial charge < -0.3 is 8.80 Å². The first-order valence-electron chi connectivity index (χ1n) is 38.2. The first kappa shape index (κ1) is 60.1. The van der Waals surface area contributed by atoms with Crippen LogP contribution in [0.4, 0.5) is 0 Å². The fourth-order valence-electron chi connectivity index (χ4n) is 20.4. The molecule has 0 aliphatic heterocycles. The van der Waals surface area contributed by atoms with Gasteiger partial charge in [-0.3, -0.25) is 9.13 Å². The van der Waals surface area contributed by atoms with Crippen molar-refractivity contribution in [1.82, 2.24) is 37.9 Å². The Labute approximate surface area is 629 Å². The van der Waals surface area contributed by atoms with Gasteiger partial charge in [0.2, 0.25) is 0 Å². The van der Waals surface area contributed by atoms with E-state index in [1.54, 1.807) is 0 Å². The van der Waals surface area contributed by atoms with Crippen molar-refractivity contribution >= 4 is 163 Å². The van der Waals surface area contributed by atoms with E-state index in [0.29, 0.717) is 0 Å². The summed E-state index contributed by atoms with van der Waals surface area (Å²) in [5.74, 6) is 1.67. The number of nitrogens with zero attached hydrogens (tertiary/aromatic N) is 8. The number of hydrogen-bond acceptors (Lipinski definition) is 4. The van der Waals surface area contributed by atoms with Crippen molar-refractivity contribution in [1.29, 1.82) is 0 Å². The van der Waals surface area contributed by atoms with E-state index in [2.05, 4.69) is 361 Å². The van der Waals surface area contributed by atoms with Crippen LogP contribution in [0.15, 0.2) is 315 Å². The highest BCUT2D eigenvalue weighted by Crippen LogP contribution is 2.54. The first-order chi connectivity index (χ1) is 54.1. The number of para-hydroxylation sites is 4. The standard InChI is InChI=1S/2C51H32N4/c1-51(2)38-19-7-5-14-32(38)33-26-24-30(28-39(33)51)47-50(52-40-27-25-29-12-3-4-13-31(29)48(40)53-47)55-42-21-10-16-35-37-18-9-17-36-34-15-6-8-20-41(34)54(49(36)37)43-22-11-23-44(55)46(43)45(35)42;1-51(2)38-19-7-5-14-32(38)37-28-30(24-26-39(37)51)47-50(52-40-27-25-29-12-3-4-13-31(29)48(40)53-47)55-42-21-10-16-34-36-18-9-17-35-33-15-6-8-20-41(33)54(49(35)36)43-22-11-23-44(55)46(43)45(34)42/h2*3-28H,1-2H3. The van der Waals surface area contributed by atoms with Crippen LogP contribution in [0.1, 0.15) is 49.9 Å². The minimum absolute atomic E-state index is 0.0870. The second-order valence-corrected chi connectivity index (χ2v) is 31.5. The molecule has 0 N–H and O–H groups in total. The Morgan fingerprint density at radius 1 is 0.236 bits per heavy atom. The summed E-state index contributed by atoms with van der Waals surface area (Å²) in [6, 6.07) is 115. The highest BCUT2D eigenvalue weighted by Gasteiger charge is 2.38. The second-order valence-electron chi connectivity index (χ2n) is 31.5. The van der Waals surface area contributed by atoms with Crippen LogP contribution in [-0.4, -0.2) is 37.9 Å². The average molecular weight is 1400 g/mol. The molecular formula is C102H64N8. The molecule has 110 heavy (non-hydrogen) atoms. The van der Waals surface area contributed by atoms with Gasteiger partial charge in [0.1, 0.15) is 11.4 Å². The van der Waals surface area contributed by atoms with Crippen LogP contribution in [0, 0.1) is 0 Å². The van der Waals surface area contributed by atoms with Gasteiger partial charge in [-0.05, 0) is 139 Å². The third kappa shape index (κ3) is 7.73. The van der Waals surface area contributed by atoms with Crippen LogP contribution in [0.3, 0.4) is 0 Å². The molecule has 2 aliphatic rings. The minimum atomic E-state index is -0.148. The zero-order valence-corrected chi connectivity index (χ0v) is 60.6. The van der Waals surface area contributed by atoms with E-state index in [-0.39, 0.29) is 10.8 Å². The highest BCUT2D eigenvalue weighted by molar-refractivity contribution is 6.33. The molecule has 0 fully saturated rings. The van der Waals surface area contributed by atoms with Gasteiger partial charge in [-0.2, -0.15) is 0 Å². The monoisotopic (exact) mass is 1400 g/mol. The molecule has 0 amide bonds. The summed E-state index contributed by atoms with van der Waals surface area (Å²) in [5.41, 5.74) is 29.5. The van der Waals surface area contributed by atoms with Crippen molar-refractivity contribution in [3.05, 3.63) is 338 Å². The van der Waals surface area contributed by atoms with E-state index in [1.165, 1.54) is 142 Å². The van der Waals surface area contributed by atoms with Crippen molar-refractivity contribution in [2.24, 2.45) is 0 Å². The minimum Gasteiger partial charge on any atom is -0.308 e. The smallest absolute Gasteiger partial charge is 0.165 e. The SMILES string of the molecule is CC1(C)c2ccccc2-c2cc(-c3nc4c(ccc5ccccc54)nc3-n3c4cccc5c6cccc7c8ccccc8n(c8cccc3c8c54)c67)ccc21.CC1(C)c2ccccc2-c2ccc(-c3nc4c(ccc5ccccc54)nc3-n3c4cccc5c6cccc7c8ccccc8n(c8cccc3c8c54)c67)cc21. The molecule has 24 aromatic rings. The summed E-state index contributed by atoms with van der Waals surface area (Å²) in [6.07, 6.45) is 0. The van der Waals surface area contributed by atoms with E-state index < -0.39 is 0 Å². The number of benzene rings is 16. The summed E-state index contributed by atoms with van der Waals surface area (Å²) < 4.78 is 9.76. The maximum atomic E-state index is 5.66. The molecule has 0 atom stereocenters. The van der Waals surface area contributed by atoms with Gasteiger partial charge in [-0.1, -0.05) is 270 Å². The number of rotatable bonds is 4. The highest BCUT2D eigenvalue weighted by atomic mass is 15.1. The molecular weight excluding hydrogens is 1340 g/mol. The molecule has 0 saturated carbocycles. The molecule has 0 bridgehead atoms. The summed E-state index contributed by atoms with van der Waals surface area (Å²) in [6.45, 7) is 9.36. The van der Waals surface area contributed by atoms with Crippen molar-refractivity contribution in [3.8, 4) is 56.4 Å². The fraction of sp³-hybridized carbons (Fsp3) is 0.0588. The van der Waals surface area contributed by atoms with Gasteiger partial charge in [0, 0.05) is 86.6 Å². The molecule has 26 rings (SSSR count). The Hall–Kier alpha value is -14.1. The van der Waals surface area contributed by atoms with Crippen LogP contribution >= 0.6 is 0 Å². The van der Waals surface area contributed by atoms with Crippen molar-refractivity contribution < 1.29 is 0 Å². The maximum Gasteiger partial charge on any atom is 0.165 e. The van der Waals surface area contributed by atoms with Crippen LogP contribution in [0.2, 0.25) is 0 Å². The molecule has 0 radical (unpaired) electrons. The molecule has 0 spiro atoms. The van der Waals surface area contributed by atoms with Gasteiger partial charge in [0.15, 0.2) is 11.6 Å². The Morgan fingerprint density at radius 2 is 0.591 bits per heavy atom. The van der Waals surface area contributed by atoms with Crippen LogP contribution < -0.4 is 0 Å². The lowest BCUT2D eigenvalue weighted by Gasteiger charge is -2.22. The summed E-state index contributed by atoms with van der Waals surface area (Å²) in [7, 11) is 0. The predicted octanol–water partition coefficient (Wildman–Crippen LogP) is 26.0. The summed E-state index contributed by atoms with van der Waals surface area (Å²) in [4.78, 5) is 22.6. The Kier molecular flexibility index (Phi) is 11.7. The van der Waals surface area contributed by atoms with Crippen molar-refractivity contribution in [3.63, 3.8) is 0 Å². The van der Waals surface area contributed by atoms with E-state index in [0.717, 1.165) is 99.8 Å². The number of hydrogen-bond donors (Lipinski definition) is 0. The second kappa shape index (κ2) is 21.4. The van der Waals surface area contributed by atoms with Gasteiger partial charge in [0.05, 0.1) is 77.2 Å². The zero-order valence-electron chi connectivity index (χ0n) is 60.6. The quantitative estimate of drug-likeness (QED) is 0.165. The Bertz CT molecular complexity index is 8240. The van der Waals surface area contributed by atoms with E-state index in [1.807, 2.05) is 0 Å². The third-order valence-corrected chi connectivity index (χ3v) is 25.3. The van der Waals surface area contributed by atoms with Gasteiger partial charge in [-0.25, -0.2) is 19.9 Å². The average Bonchev–Trinajstić information content (AvgIpc) is 1.53. The van der Waals surface area contributed by atoms with E-state index in [4.69, 9.17) is 19.9 Å². The van der Waals surface area contributed by atoms with Crippen LogP contribution in [-0.2, 0) is 10.8 Å². The van der Waals surface area contributed by atoms with Gasteiger partial charge in [0.25, 0.3) is 0 Å². The topological polar surface area (TPSA) is 70.2 Å². The molecule has 0 unspecified atom stereocenters. The third-order valence-electron chi connectivity index (χ3n) is 25.3. The molecule has 512 valence electrons. The van der Waals surface area contributed by atoms with Crippen molar-refractivity contribution in [2.75, 3.05) is 0 Å². The van der Waals surface area contributed by atoms with Crippen LogP contribution in [0.5, 0.6) is 0 Å². The number of fused-ring (bicyclic) bond motifs is 22. The Balaban J connectivity index is 0.000000126. The first-order valence-corrected chi connectivity index (χ1v) is 38.2. The molecule has 0 saturated heterocycles. The Morgan fingerprint density at radius 3 is 1.12 bits per heavy atom. The lowest BCUT2D eigenvalue weighted by Crippen LogP contribution is -2.15. The van der Waals surface area contributed by atoms with Crippen molar-refractivity contribution in [2.45, 2.75) is 38.5 Å². The molecule has 2 aliphatic carbocycles. The van der Waals surface area contributed by atoms with E-state index >= 15 is 0 Å². The molecule has 8 heteroatoms. The molecule has 8 aromatic heterocycles. The maximum absolute atomic E-state index is 5.66. The van der Waals surface area contributed by atoms with Gasteiger partial charge >= 0.3 is 0 Å². The lowest BCUT2D eigenvalue weighted by molar-refractivity contribution is 0.660. The predicted molar refractivity (Wildman–Crippen MR) is 458 cm³/mol. The van der Waals surface area contributed by atoms with E-state index in [9.17, 15) is 0 Å². The summed E-state index contributed by atoms with van der Waals surface area (Å²) >= 11 is 0. The van der Waals surface area contributed by atoms with Gasteiger partial charge in [-0.15, -0.1) is 0 Å². The lowest BCUT2D eigenvalue weighted by atomic mass is 9.82. The number of aromatic nitrogens is 8. The molecule has 16 aromatic carbocycles. The normalized spacial score (nSPS) is 13.8.